The van der Waals surface area contributed by atoms with Crippen LogP contribution in [0.2, 0.25) is 0 Å². The van der Waals surface area contributed by atoms with E-state index in [4.69, 9.17) is 9.47 Å². The number of carbonyl (C=O) groups is 1. The molecule has 4 rings (SSSR count). The van der Waals surface area contributed by atoms with Crippen molar-refractivity contribution in [2.75, 3.05) is 13.7 Å². The summed E-state index contributed by atoms with van der Waals surface area (Å²) in [4.78, 5) is 13.1. The van der Waals surface area contributed by atoms with Crippen LogP contribution in [0.3, 0.4) is 0 Å². The SMILES string of the molecule is COc1ccc2c(c1)CCN(C(=O)C(F)(F)F)C2c1ccc(OCc2ccccc2)cc1. The van der Waals surface area contributed by atoms with Crippen LogP contribution in [-0.4, -0.2) is 30.6 Å². The zero-order chi connectivity index (χ0) is 22.7. The number of alkyl halides is 3. The maximum absolute atomic E-state index is 13.3. The van der Waals surface area contributed by atoms with Gasteiger partial charge < -0.3 is 14.4 Å². The first-order valence-corrected chi connectivity index (χ1v) is 10.2. The van der Waals surface area contributed by atoms with E-state index in [1.54, 1.807) is 36.4 Å². The van der Waals surface area contributed by atoms with Crippen molar-refractivity contribution in [3.8, 4) is 11.5 Å². The number of fused-ring (bicyclic) bond motifs is 1. The van der Waals surface area contributed by atoms with Crippen LogP contribution in [0.1, 0.15) is 28.3 Å². The van der Waals surface area contributed by atoms with E-state index in [1.165, 1.54) is 7.11 Å². The van der Waals surface area contributed by atoms with Gasteiger partial charge in [0.2, 0.25) is 0 Å². The maximum Gasteiger partial charge on any atom is 0.471 e. The molecule has 1 aliphatic heterocycles. The minimum atomic E-state index is -4.94. The highest BCUT2D eigenvalue weighted by Gasteiger charge is 2.46. The fourth-order valence-electron chi connectivity index (χ4n) is 3.96. The molecule has 0 fully saturated rings. The summed E-state index contributed by atoms with van der Waals surface area (Å²) in [6, 6.07) is 20.9. The fourth-order valence-corrected chi connectivity index (χ4v) is 3.96. The molecule has 1 heterocycles. The van der Waals surface area contributed by atoms with Crippen LogP contribution in [0.5, 0.6) is 11.5 Å². The van der Waals surface area contributed by atoms with Gasteiger partial charge in [-0.05, 0) is 52.9 Å². The fraction of sp³-hybridized carbons (Fsp3) is 0.240. The van der Waals surface area contributed by atoms with E-state index in [1.807, 2.05) is 36.4 Å². The Morgan fingerprint density at radius 2 is 1.69 bits per heavy atom. The Morgan fingerprint density at radius 3 is 2.34 bits per heavy atom. The Kier molecular flexibility index (Phi) is 6.08. The molecule has 1 atom stereocenters. The molecule has 0 N–H and O–H groups in total. The zero-order valence-electron chi connectivity index (χ0n) is 17.4. The summed E-state index contributed by atoms with van der Waals surface area (Å²) in [5, 5.41) is 0. The van der Waals surface area contributed by atoms with Crippen LogP contribution in [0.4, 0.5) is 13.2 Å². The number of nitrogens with zero attached hydrogens (tertiary/aromatic N) is 1. The first-order valence-electron chi connectivity index (χ1n) is 10.2. The second-order valence-electron chi connectivity index (χ2n) is 7.56. The highest BCUT2D eigenvalue weighted by Crippen LogP contribution is 2.39. The monoisotopic (exact) mass is 441 g/mol. The van der Waals surface area contributed by atoms with Gasteiger partial charge in [0.05, 0.1) is 13.2 Å². The normalized spacial score (nSPS) is 15.8. The second kappa shape index (κ2) is 8.94. The Hall–Kier alpha value is -3.48. The highest BCUT2D eigenvalue weighted by atomic mass is 19.4. The summed E-state index contributed by atoms with van der Waals surface area (Å²) in [6.07, 6.45) is -4.62. The second-order valence-corrected chi connectivity index (χ2v) is 7.56. The molecule has 0 saturated carbocycles. The Morgan fingerprint density at radius 1 is 1.00 bits per heavy atom. The molecule has 1 amide bonds. The summed E-state index contributed by atoms with van der Waals surface area (Å²) in [6.45, 7) is 0.348. The summed E-state index contributed by atoms with van der Waals surface area (Å²) < 4.78 is 51.0. The Labute approximate surface area is 184 Å². The topological polar surface area (TPSA) is 38.8 Å². The van der Waals surface area contributed by atoms with Crippen LogP contribution >= 0.6 is 0 Å². The van der Waals surface area contributed by atoms with E-state index < -0.39 is 18.1 Å². The predicted octanol–water partition coefficient (Wildman–Crippen LogP) is 5.31. The van der Waals surface area contributed by atoms with Crippen molar-refractivity contribution in [1.82, 2.24) is 4.90 Å². The van der Waals surface area contributed by atoms with Gasteiger partial charge >= 0.3 is 12.1 Å². The lowest BCUT2D eigenvalue weighted by molar-refractivity contribution is -0.187. The number of amides is 1. The van der Waals surface area contributed by atoms with Gasteiger partial charge in [-0.2, -0.15) is 13.2 Å². The van der Waals surface area contributed by atoms with E-state index in [-0.39, 0.29) is 6.54 Å². The van der Waals surface area contributed by atoms with E-state index >= 15 is 0 Å². The van der Waals surface area contributed by atoms with Crippen molar-refractivity contribution in [3.05, 3.63) is 95.1 Å². The molecule has 0 radical (unpaired) electrons. The molecule has 166 valence electrons. The molecule has 0 spiro atoms. The molecular weight excluding hydrogens is 419 g/mol. The summed E-state index contributed by atoms with van der Waals surface area (Å²) in [5.74, 6) is -0.617. The average molecular weight is 441 g/mol. The molecule has 0 bridgehead atoms. The Bertz CT molecular complexity index is 1080. The third-order valence-electron chi connectivity index (χ3n) is 5.53. The molecule has 1 unspecified atom stereocenters. The number of benzene rings is 3. The van der Waals surface area contributed by atoms with Crippen molar-refractivity contribution in [3.63, 3.8) is 0 Å². The van der Waals surface area contributed by atoms with Gasteiger partial charge in [-0.1, -0.05) is 48.5 Å². The maximum atomic E-state index is 13.3. The molecule has 32 heavy (non-hydrogen) atoms. The van der Waals surface area contributed by atoms with Gasteiger partial charge in [0.1, 0.15) is 18.1 Å². The molecule has 7 heteroatoms. The molecule has 0 aliphatic carbocycles. The first kappa shape index (κ1) is 21.7. The van der Waals surface area contributed by atoms with Crippen LogP contribution in [0.25, 0.3) is 0 Å². The lowest BCUT2D eigenvalue weighted by atomic mass is 9.88. The lowest BCUT2D eigenvalue weighted by Crippen LogP contribution is -2.46. The van der Waals surface area contributed by atoms with Crippen molar-refractivity contribution in [1.29, 1.82) is 0 Å². The van der Waals surface area contributed by atoms with Crippen molar-refractivity contribution in [2.45, 2.75) is 25.2 Å². The van der Waals surface area contributed by atoms with Crippen LogP contribution in [-0.2, 0) is 17.8 Å². The minimum absolute atomic E-state index is 0.0323. The first-order chi connectivity index (χ1) is 15.4. The van der Waals surface area contributed by atoms with Gasteiger partial charge in [-0.25, -0.2) is 0 Å². The molecule has 0 saturated heterocycles. The van der Waals surface area contributed by atoms with Crippen LogP contribution in [0.15, 0.2) is 72.8 Å². The van der Waals surface area contributed by atoms with Gasteiger partial charge in [0, 0.05) is 6.54 Å². The number of halogens is 3. The number of methoxy groups -OCH3 is 1. The quantitative estimate of drug-likeness (QED) is 0.539. The highest BCUT2D eigenvalue weighted by molar-refractivity contribution is 5.83. The predicted molar refractivity (Wildman–Crippen MR) is 114 cm³/mol. The summed E-state index contributed by atoms with van der Waals surface area (Å²) >= 11 is 0. The zero-order valence-corrected chi connectivity index (χ0v) is 17.4. The largest absolute Gasteiger partial charge is 0.497 e. The van der Waals surface area contributed by atoms with E-state index in [9.17, 15) is 18.0 Å². The smallest absolute Gasteiger partial charge is 0.471 e. The number of carbonyl (C=O) groups excluding carboxylic acids is 1. The standard InChI is InChI=1S/C25H22F3NO3/c1-31-21-11-12-22-19(15-21)13-14-29(24(30)25(26,27)28)23(22)18-7-9-20(10-8-18)32-16-17-5-3-2-4-6-17/h2-12,15,23H,13-14,16H2,1H3. The van der Waals surface area contributed by atoms with Crippen LogP contribution < -0.4 is 9.47 Å². The molecule has 3 aromatic rings. The van der Waals surface area contributed by atoms with E-state index in [2.05, 4.69) is 0 Å². The molecular formula is C25H22F3NO3. The lowest BCUT2D eigenvalue weighted by Gasteiger charge is -2.38. The number of rotatable bonds is 5. The minimum Gasteiger partial charge on any atom is -0.497 e. The molecule has 3 aromatic carbocycles. The van der Waals surface area contributed by atoms with Gasteiger partial charge in [-0.3, -0.25) is 4.79 Å². The van der Waals surface area contributed by atoms with Crippen LogP contribution in [0, 0.1) is 0 Å². The van der Waals surface area contributed by atoms with E-state index in [0.717, 1.165) is 16.0 Å². The summed E-state index contributed by atoms with van der Waals surface area (Å²) in [7, 11) is 1.54. The number of hydrogen-bond donors (Lipinski definition) is 0. The summed E-state index contributed by atoms with van der Waals surface area (Å²) in [5.41, 5.74) is 3.12. The number of hydrogen-bond acceptors (Lipinski definition) is 3. The number of ether oxygens (including phenoxy) is 2. The van der Waals surface area contributed by atoms with Gasteiger partial charge in [0.15, 0.2) is 0 Å². The molecule has 0 aromatic heterocycles. The average Bonchev–Trinajstić information content (AvgIpc) is 2.81. The molecule has 1 aliphatic rings. The van der Waals surface area contributed by atoms with Crippen molar-refractivity contribution >= 4 is 5.91 Å². The third-order valence-corrected chi connectivity index (χ3v) is 5.53. The van der Waals surface area contributed by atoms with Crippen molar-refractivity contribution in [2.24, 2.45) is 0 Å². The molecule has 4 nitrogen and oxygen atoms in total. The van der Waals surface area contributed by atoms with Gasteiger partial charge in [0.25, 0.3) is 0 Å². The Balaban J connectivity index is 1.63. The van der Waals surface area contributed by atoms with E-state index in [0.29, 0.717) is 35.7 Å². The third kappa shape index (κ3) is 4.56. The van der Waals surface area contributed by atoms with Gasteiger partial charge in [-0.15, -0.1) is 0 Å². The van der Waals surface area contributed by atoms with Crippen molar-refractivity contribution < 1.29 is 27.4 Å².